The van der Waals surface area contributed by atoms with Gasteiger partial charge in [-0.1, -0.05) is 0 Å². The number of rotatable bonds is 5. The highest BCUT2D eigenvalue weighted by Gasteiger charge is 2.27. The molecular formula is C10H21NO3S. The highest BCUT2D eigenvalue weighted by atomic mass is 32.2. The third-order valence-corrected chi connectivity index (χ3v) is 4.70. The fraction of sp³-hybridized carbons (Fsp3) is 1.00. The van der Waals surface area contributed by atoms with Crippen molar-refractivity contribution in [3.8, 4) is 0 Å². The topological polar surface area (TPSA) is 55.4 Å². The van der Waals surface area contributed by atoms with Crippen molar-refractivity contribution in [1.29, 1.82) is 0 Å². The van der Waals surface area contributed by atoms with Gasteiger partial charge in [0.25, 0.3) is 0 Å². The maximum Gasteiger partial charge on any atom is 0.150 e. The SMILES string of the molecule is COCCNC1CCC(S(C)(=O)=O)CC1. The molecule has 15 heavy (non-hydrogen) atoms. The van der Waals surface area contributed by atoms with Crippen molar-refractivity contribution in [2.75, 3.05) is 26.5 Å². The standard InChI is InChI=1S/C10H21NO3S/c1-14-8-7-11-9-3-5-10(6-4-9)15(2,12)13/h9-11H,3-8H2,1-2H3. The van der Waals surface area contributed by atoms with E-state index >= 15 is 0 Å². The van der Waals surface area contributed by atoms with E-state index in [-0.39, 0.29) is 5.25 Å². The zero-order chi connectivity index (χ0) is 11.3. The highest BCUT2D eigenvalue weighted by molar-refractivity contribution is 7.91. The summed E-state index contributed by atoms with van der Waals surface area (Å²) in [6.45, 7) is 1.57. The lowest BCUT2D eigenvalue weighted by Crippen LogP contribution is -2.38. The van der Waals surface area contributed by atoms with Crippen LogP contribution in [0.2, 0.25) is 0 Å². The minimum Gasteiger partial charge on any atom is -0.383 e. The van der Waals surface area contributed by atoms with Crippen molar-refractivity contribution in [3.05, 3.63) is 0 Å². The number of hydrogen-bond acceptors (Lipinski definition) is 4. The first kappa shape index (κ1) is 12.9. The first-order valence-corrected chi connectivity index (χ1v) is 7.40. The van der Waals surface area contributed by atoms with Gasteiger partial charge in [0.15, 0.2) is 0 Å². The van der Waals surface area contributed by atoms with E-state index in [9.17, 15) is 8.42 Å². The summed E-state index contributed by atoms with van der Waals surface area (Å²) in [5, 5.41) is 3.26. The first-order valence-electron chi connectivity index (χ1n) is 5.45. The van der Waals surface area contributed by atoms with E-state index in [1.54, 1.807) is 7.11 Å². The number of ether oxygens (including phenoxy) is 1. The molecule has 0 radical (unpaired) electrons. The predicted molar refractivity (Wildman–Crippen MR) is 60.8 cm³/mol. The smallest absolute Gasteiger partial charge is 0.150 e. The van der Waals surface area contributed by atoms with Crippen LogP contribution < -0.4 is 5.32 Å². The second-order valence-corrected chi connectivity index (χ2v) is 6.58. The molecule has 0 aromatic heterocycles. The van der Waals surface area contributed by atoms with Gasteiger partial charge in [0.1, 0.15) is 9.84 Å². The van der Waals surface area contributed by atoms with Crippen LogP contribution in [0.3, 0.4) is 0 Å². The number of nitrogens with one attached hydrogen (secondary N) is 1. The lowest BCUT2D eigenvalue weighted by Gasteiger charge is -2.28. The lowest BCUT2D eigenvalue weighted by molar-refractivity contribution is 0.192. The molecule has 1 rings (SSSR count). The molecule has 90 valence electrons. The van der Waals surface area contributed by atoms with Crippen molar-refractivity contribution < 1.29 is 13.2 Å². The average Bonchev–Trinajstić information content (AvgIpc) is 2.18. The van der Waals surface area contributed by atoms with Gasteiger partial charge in [-0.05, 0) is 25.7 Å². The van der Waals surface area contributed by atoms with Crippen LogP contribution in [0, 0.1) is 0 Å². The molecule has 0 aliphatic heterocycles. The fourth-order valence-corrected chi connectivity index (χ4v) is 3.19. The molecule has 0 saturated heterocycles. The first-order chi connectivity index (χ1) is 7.04. The molecular weight excluding hydrogens is 214 g/mol. The molecule has 0 heterocycles. The van der Waals surface area contributed by atoms with Crippen LogP contribution >= 0.6 is 0 Å². The van der Waals surface area contributed by atoms with Gasteiger partial charge in [-0.25, -0.2) is 8.42 Å². The summed E-state index contributed by atoms with van der Waals surface area (Å²) in [7, 11) is -1.14. The van der Waals surface area contributed by atoms with Gasteiger partial charge in [-0.15, -0.1) is 0 Å². The summed E-state index contributed by atoms with van der Waals surface area (Å²) in [5.41, 5.74) is 0. The maximum atomic E-state index is 11.3. The molecule has 1 N–H and O–H groups in total. The quantitative estimate of drug-likeness (QED) is 0.708. The minimum absolute atomic E-state index is 0.113. The van der Waals surface area contributed by atoms with E-state index < -0.39 is 9.84 Å². The Hall–Kier alpha value is -0.130. The Balaban J connectivity index is 2.24. The number of hydrogen-bond donors (Lipinski definition) is 1. The molecule has 0 spiro atoms. The Labute approximate surface area is 92.3 Å². The molecule has 1 aliphatic carbocycles. The summed E-state index contributed by atoms with van der Waals surface area (Å²) in [5.74, 6) is 0. The molecule has 0 atom stereocenters. The Kier molecular flexibility index (Phi) is 5.02. The van der Waals surface area contributed by atoms with Gasteiger partial charge in [-0.2, -0.15) is 0 Å². The van der Waals surface area contributed by atoms with Crippen LogP contribution in [0.5, 0.6) is 0 Å². The van der Waals surface area contributed by atoms with Crippen LogP contribution in [0.15, 0.2) is 0 Å². The Morgan fingerprint density at radius 3 is 2.33 bits per heavy atom. The zero-order valence-corrected chi connectivity index (χ0v) is 10.3. The summed E-state index contributed by atoms with van der Waals surface area (Å²) in [4.78, 5) is 0. The zero-order valence-electron chi connectivity index (χ0n) is 9.53. The van der Waals surface area contributed by atoms with E-state index in [1.807, 2.05) is 0 Å². The Bertz CT molecular complexity index is 268. The van der Waals surface area contributed by atoms with Crippen LogP contribution in [-0.2, 0) is 14.6 Å². The van der Waals surface area contributed by atoms with E-state index in [2.05, 4.69) is 5.32 Å². The second-order valence-electron chi connectivity index (χ2n) is 4.25. The van der Waals surface area contributed by atoms with E-state index in [0.717, 1.165) is 32.2 Å². The van der Waals surface area contributed by atoms with E-state index in [1.165, 1.54) is 6.26 Å². The van der Waals surface area contributed by atoms with Crippen molar-refractivity contribution in [2.45, 2.75) is 37.0 Å². The maximum absolute atomic E-state index is 11.3. The molecule has 0 unspecified atom stereocenters. The number of sulfone groups is 1. The van der Waals surface area contributed by atoms with Crippen LogP contribution in [-0.4, -0.2) is 46.2 Å². The lowest BCUT2D eigenvalue weighted by atomic mass is 9.95. The van der Waals surface area contributed by atoms with Gasteiger partial charge in [0.05, 0.1) is 11.9 Å². The summed E-state index contributed by atoms with van der Waals surface area (Å²) in [6.07, 6.45) is 4.85. The average molecular weight is 235 g/mol. The minimum atomic E-state index is -2.83. The molecule has 1 saturated carbocycles. The van der Waals surface area contributed by atoms with Crippen molar-refractivity contribution >= 4 is 9.84 Å². The number of methoxy groups -OCH3 is 1. The molecule has 5 heteroatoms. The van der Waals surface area contributed by atoms with Crippen LogP contribution in [0.1, 0.15) is 25.7 Å². The van der Waals surface area contributed by atoms with E-state index in [0.29, 0.717) is 12.6 Å². The Morgan fingerprint density at radius 2 is 1.87 bits per heavy atom. The normalized spacial score (nSPS) is 27.9. The largest absolute Gasteiger partial charge is 0.383 e. The molecule has 1 aliphatic rings. The Morgan fingerprint density at radius 1 is 1.27 bits per heavy atom. The third-order valence-electron chi connectivity index (χ3n) is 3.02. The van der Waals surface area contributed by atoms with Gasteiger partial charge >= 0.3 is 0 Å². The monoisotopic (exact) mass is 235 g/mol. The van der Waals surface area contributed by atoms with Crippen molar-refractivity contribution in [2.24, 2.45) is 0 Å². The summed E-state index contributed by atoms with van der Waals surface area (Å²) >= 11 is 0. The molecule has 0 bridgehead atoms. The molecule has 0 aromatic carbocycles. The van der Waals surface area contributed by atoms with Crippen LogP contribution in [0.4, 0.5) is 0 Å². The van der Waals surface area contributed by atoms with E-state index in [4.69, 9.17) is 4.74 Å². The summed E-state index contributed by atoms with van der Waals surface area (Å²) in [6, 6.07) is 0.471. The molecule has 0 amide bonds. The fourth-order valence-electron chi connectivity index (χ4n) is 2.06. The van der Waals surface area contributed by atoms with Gasteiger partial charge in [0.2, 0.25) is 0 Å². The van der Waals surface area contributed by atoms with Crippen molar-refractivity contribution in [1.82, 2.24) is 5.32 Å². The molecule has 1 fully saturated rings. The van der Waals surface area contributed by atoms with Crippen molar-refractivity contribution in [3.63, 3.8) is 0 Å². The summed E-state index contributed by atoms with van der Waals surface area (Å²) < 4.78 is 27.6. The van der Waals surface area contributed by atoms with Crippen LogP contribution in [0.25, 0.3) is 0 Å². The van der Waals surface area contributed by atoms with Gasteiger partial charge < -0.3 is 10.1 Å². The predicted octanol–water partition coefficient (Wildman–Crippen LogP) is 0.578. The molecule has 0 aromatic rings. The molecule has 4 nitrogen and oxygen atoms in total. The van der Waals surface area contributed by atoms with Gasteiger partial charge in [-0.3, -0.25) is 0 Å². The third kappa shape index (κ3) is 4.49. The highest BCUT2D eigenvalue weighted by Crippen LogP contribution is 2.23. The second kappa shape index (κ2) is 5.82. The van der Waals surface area contributed by atoms with Gasteiger partial charge in [0, 0.05) is 26.0 Å².